The fraction of sp³-hybridized carbons (Fsp3) is 0.529. The highest BCUT2D eigenvalue weighted by Crippen LogP contribution is 2.10. The molecule has 0 saturated carbocycles. The monoisotopic (exact) mass is 352 g/mol. The van der Waals surface area contributed by atoms with E-state index in [4.69, 9.17) is 9.57 Å². The van der Waals surface area contributed by atoms with Gasteiger partial charge in [0, 0.05) is 31.0 Å². The standard InChI is InChI=1S/C17H24N2O4S/c1-13(2)22-16(20)15(12-14-6-4-3-5-7-14)18-23-17(21)19-8-10-24-11-9-19/h3-7,13,15,18H,8-12H2,1-2H3/t15-/m0/s1. The first kappa shape index (κ1) is 18.6. The van der Waals surface area contributed by atoms with Crippen LogP contribution < -0.4 is 5.48 Å². The number of benzene rings is 1. The molecule has 0 spiro atoms. The van der Waals surface area contributed by atoms with Crippen LogP contribution in [0.1, 0.15) is 19.4 Å². The average Bonchev–Trinajstić information content (AvgIpc) is 2.59. The van der Waals surface area contributed by atoms with Crippen LogP contribution >= 0.6 is 11.8 Å². The van der Waals surface area contributed by atoms with Crippen LogP contribution in [0.3, 0.4) is 0 Å². The smallest absolute Gasteiger partial charge is 0.428 e. The Labute approximate surface area is 146 Å². The number of ether oxygens (including phenoxy) is 1. The largest absolute Gasteiger partial charge is 0.462 e. The number of carbonyl (C=O) groups is 2. The van der Waals surface area contributed by atoms with E-state index in [-0.39, 0.29) is 6.10 Å². The molecule has 1 fully saturated rings. The highest BCUT2D eigenvalue weighted by molar-refractivity contribution is 7.99. The number of amides is 1. The van der Waals surface area contributed by atoms with Gasteiger partial charge >= 0.3 is 12.1 Å². The summed E-state index contributed by atoms with van der Waals surface area (Å²) < 4.78 is 5.25. The van der Waals surface area contributed by atoms with Crippen molar-refractivity contribution >= 4 is 23.8 Å². The minimum Gasteiger partial charge on any atom is -0.462 e. The topological polar surface area (TPSA) is 67.9 Å². The molecule has 0 aromatic heterocycles. The normalized spacial score (nSPS) is 15.9. The summed E-state index contributed by atoms with van der Waals surface area (Å²) in [5.41, 5.74) is 3.56. The molecule has 6 nitrogen and oxygen atoms in total. The molecule has 0 bridgehead atoms. The highest BCUT2D eigenvalue weighted by Gasteiger charge is 2.25. The minimum absolute atomic E-state index is 0.229. The predicted molar refractivity (Wildman–Crippen MR) is 93.7 cm³/mol. The number of nitrogens with zero attached hydrogens (tertiary/aromatic N) is 1. The van der Waals surface area contributed by atoms with E-state index in [0.717, 1.165) is 17.1 Å². The third-order valence-corrected chi connectivity index (χ3v) is 4.42. The molecule has 1 aliphatic heterocycles. The molecule has 1 atom stereocenters. The van der Waals surface area contributed by atoms with Crippen molar-refractivity contribution in [3.05, 3.63) is 35.9 Å². The SMILES string of the molecule is CC(C)OC(=O)[C@H](Cc1ccccc1)NOC(=O)N1CCSCC1. The molecule has 7 heteroatoms. The van der Waals surface area contributed by atoms with Crippen LogP contribution in [-0.4, -0.2) is 53.7 Å². The maximum absolute atomic E-state index is 12.3. The molecule has 0 radical (unpaired) electrons. The van der Waals surface area contributed by atoms with Gasteiger partial charge in [-0.3, -0.25) is 4.79 Å². The van der Waals surface area contributed by atoms with Gasteiger partial charge in [-0.1, -0.05) is 30.3 Å². The highest BCUT2D eigenvalue weighted by atomic mass is 32.2. The van der Waals surface area contributed by atoms with Crippen LogP contribution in [0.2, 0.25) is 0 Å². The third-order valence-electron chi connectivity index (χ3n) is 3.48. The van der Waals surface area contributed by atoms with Crippen molar-refractivity contribution in [1.29, 1.82) is 0 Å². The van der Waals surface area contributed by atoms with Gasteiger partial charge in [-0.05, 0) is 19.4 Å². The van der Waals surface area contributed by atoms with E-state index in [1.54, 1.807) is 18.7 Å². The van der Waals surface area contributed by atoms with E-state index < -0.39 is 18.1 Å². The lowest BCUT2D eigenvalue weighted by Gasteiger charge is -2.26. The van der Waals surface area contributed by atoms with E-state index in [1.807, 2.05) is 42.1 Å². The van der Waals surface area contributed by atoms with E-state index in [2.05, 4.69) is 5.48 Å². The number of carbonyl (C=O) groups excluding carboxylic acids is 2. The van der Waals surface area contributed by atoms with Gasteiger partial charge in [-0.25, -0.2) is 4.79 Å². The van der Waals surface area contributed by atoms with Gasteiger partial charge in [-0.15, -0.1) is 5.48 Å². The average molecular weight is 352 g/mol. The number of rotatable bonds is 6. The zero-order valence-corrected chi connectivity index (χ0v) is 14.9. The Morgan fingerprint density at radius 2 is 1.88 bits per heavy atom. The van der Waals surface area contributed by atoms with Gasteiger partial charge in [-0.2, -0.15) is 11.8 Å². The minimum atomic E-state index is -0.738. The van der Waals surface area contributed by atoms with Crippen molar-refractivity contribution in [2.75, 3.05) is 24.6 Å². The first-order chi connectivity index (χ1) is 11.6. The molecule has 132 valence electrons. The predicted octanol–water partition coefficient (Wildman–Crippen LogP) is 2.24. The van der Waals surface area contributed by atoms with Crippen molar-refractivity contribution in [2.45, 2.75) is 32.4 Å². The summed E-state index contributed by atoms with van der Waals surface area (Å²) in [5, 5.41) is 0. The number of nitrogens with one attached hydrogen (secondary N) is 1. The molecule has 1 aromatic carbocycles. The van der Waals surface area contributed by atoms with E-state index >= 15 is 0 Å². The first-order valence-corrected chi connectivity index (χ1v) is 9.25. The van der Waals surface area contributed by atoms with Crippen LogP contribution in [0.5, 0.6) is 0 Å². The summed E-state index contributed by atoms with van der Waals surface area (Å²) in [6.07, 6.45) is -0.298. The summed E-state index contributed by atoms with van der Waals surface area (Å²) in [5.74, 6) is 1.37. The Bertz CT molecular complexity index is 533. The van der Waals surface area contributed by atoms with Crippen molar-refractivity contribution < 1.29 is 19.2 Å². The van der Waals surface area contributed by atoms with Gasteiger partial charge in [0.25, 0.3) is 0 Å². The molecular weight excluding hydrogens is 328 g/mol. The molecule has 2 rings (SSSR count). The van der Waals surface area contributed by atoms with E-state index in [9.17, 15) is 9.59 Å². The molecule has 0 unspecified atom stereocenters. The zero-order valence-electron chi connectivity index (χ0n) is 14.1. The Kier molecular flexibility index (Phi) is 7.39. The molecule has 0 aliphatic carbocycles. The number of hydroxylamine groups is 1. The molecule has 1 amide bonds. The fourth-order valence-electron chi connectivity index (χ4n) is 2.27. The summed E-state index contributed by atoms with van der Waals surface area (Å²) >= 11 is 1.81. The van der Waals surface area contributed by atoms with Crippen molar-refractivity contribution in [3.8, 4) is 0 Å². The lowest BCUT2D eigenvalue weighted by atomic mass is 10.1. The Morgan fingerprint density at radius 3 is 2.50 bits per heavy atom. The Balaban J connectivity index is 1.94. The maximum Gasteiger partial charge on any atom is 0.428 e. The summed E-state index contributed by atoms with van der Waals surface area (Å²) in [4.78, 5) is 31.1. The van der Waals surface area contributed by atoms with Gasteiger partial charge in [0.15, 0.2) is 0 Å². The molecule has 1 heterocycles. The van der Waals surface area contributed by atoms with Gasteiger partial charge < -0.3 is 14.5 Å². The van der Waals surface area contributed by atoms with Crippen LogP contribution in [0, 0.1) is 0 Å². The van der Waals surface area contributed by atoms with Crippen molar-refractivity contribution in [3.63, 3.8) is 0 Å². The Hall–Kier alpha value is -1.73. The molecule has 1 aromatic rings. The van der Waals surface area contributed by atoms with Crippen LogP contribution in [0.25, 0.3) is 0 Å². The van der Waals surface area contributed by atoms with Gasteiger partial charge in [0.1, 0.15) is 6.04 Å². The van der Waals surface area contributed by atoms with Crippen LogP contribution in [0.4, 0.5) is 4.79 Å². The lowest BCUT2D eigenvalue weighted by molar-refractivity contribution is -0.153. The van der Waals surface area contributed by atoms with Crippen LogP contribution in [0.15, 0.2) is 30.3 Å². The molecule has 1 saturated heterocycles. The molecule has 1 aliphatic rings. The van der Waals surface area contributed by atoms with Crippen LogP contribution in [-0.2, 0) is 20.8 Å². The Morgan fingerprint density at radius 1 is 1.21 bits per heavy atom. The lowest BCUT2D eigenvalue weighted by Crippen LogP contribution is -2.46. The maximum atomic E-state index is 12.3. The molecular formula is C17H24N2O4S. The fourth-order valence-corrected chi connectivity index (χ4v) is 3.17. The second kappa shape index (κ2) is 9.54. The van der Waals surface area contributed by atoms with E-state index in [0.29, 0.717) is 19.5 Å². The third kappa shape index (κ3) is 6.05. The second-order valence-corrected chi connectivity index (χ2v) is 7.04. The van der Waals surface area contributed by atoms with Crippen molar-refractivity contribution in [1.82, 2.24) is 10.4 Å². The first-order valence-electron chi connectivity index (χ1n) is 8.09. The van der Waals surface area contributed by atoms with Crippen molar-refractivity contribution in [2.24, 2.45) is 0 Å². The molecule has 24 heavy (non-hydrogen) atoms. The number of hydrogen-bond donors (Lipinski definition) is 1. The summed E-state index contributed by atoms with van der Waals surface area (Å²) in [7, 11) is 0. The number of thioether (sulfide) groups is 1. The zero-order chi connectivity index (χ0) is 17.4. The number of hydrogen-bond acceptors (Lipinski definition) is 6. The van der Waals surface area contributed by atoms with E-state index in [1.165, 1.54) is 0 Å². The quantitative estimate of drug-likeness (QED) is 0.626. The van der Waals surface area contributed by atoms with Gasteiger partial charge in [0.05, 0.1) is 6.10 Å². The summed E-state index contributed by atoms with van der Waals surface area (Å²) in [6, 6.07) is 8.81. The number of esters is 1. The van der Waals surface area contributed by atoms with Gasteiger partial charge in [0.2, 0.25) is 0 Å². The summed E-state index contributed by atoms with van der Waals surface area (Å²) in [6.45, 7) is 4.89. The molecule has 1 N–H and O–H groups in total. The second-order valence-electron chi connectivity index (χ2n) is 5.81.